The number of hydrogen-bond donors (Lipinski definition) is 0. The van der Waals surface area contributed by atoms with Crippen molar-refractivity contribution in [2.75, 3.05) is 39.5 Å². The molecule has 1 heterocycles. The van der Waals surface area contributed by atoms with E-state index in [9.17, 15) is 8.42 Å². The van der Waals surface area contributed by atoms with Gasteiger partial charge in [-0.05, 0) is 18.2 Å². The van der Waals surface area contributed by atoms with Crippen LogP contribution in [0.25, 0.3) is 0 Å². The minimum Gasteiger partial charge on any atom is -0.496 e. The first-order valence-electron chi connectivity index (χ1n) is 6.40. The lowest BCUT2D eigenvalue weighted by Crippen LogP contribution is -2.47. The quantitative estimate of drug-likeness (QED) is 0.814. The van der Waals surface area contributed by atoms with Gasteiger partial charge in [0.2, 0.25) is 10.0 Å². The summed E-state index contributed by atoms with van der Waals surface area (Å²) in [5, 5.41) is 0. The Labute approximate surface area is 128 Å². The van der Waals surface area contributed by atoms with Gasteiger partial charge in [0.15, 0.2) is 0 Å². The standard InChI is InChI=1S/C13H19BrN2O3S/c1-19-13-4-3-12(14)9-11(13)10-15-5-7-16(8-6-15)20(2,17)18/h3-4,9H,5-8,10H2,1-2H3. The van der Waals surface area contributed by atoms with Crippen LogP contribution in [0.15, 0.2) is 22.7 Å². The Balaban J connectivity index is 2.01. The molecular weight excluding hydrogens is 344 g/mol. The Kier molecular flexibility index (Phi) is 5.06. The van der Waals surface area contributed by atoms with Crippen molar-refractivity contribution in [1.82, 2.24) is 9.21 Å². The van der Waals surface area contributed by atoms with Gasteiger partial charge in [-0.25, -0.2) is 8.42 Å². The smallest absolute Gasteiger partial charge is 0.211 e. The second-order valence-electron chi connectivity index (χ2n) is 4.89. The summed E-state index contributed by atoms with van der Waals surface area (Å²) in [4.78, 5) is 2.24. The number of hydrogen-bond acceptors (Lipinski definition) is 4. The normalized spacial score (nSPS) is 18.1. The Bertz CT molecular complexity index is 569. The molecule has 5 nitrogen and oxygen atoms in total. The fourth-order valence-corrected chi connectivity index (χ4v) is 3.57. The van der Waals surface area contributed by atoms with Gasteiger partial charge in [-0.1, -0.05) is 15.9 Å². The molecule has 112 valence electrons. The zero-order chi connectivity index (χ0) is 14.8. The van der Waals surface area contributed by atoms with Crippen LogP contribution in [0.3, 0.4) is 0 Å². The van der Waals surface area contributed by atoms with Crippen molar-refractivity contribution in [1.29, 1.82) is 0 Å². The van der Waals surface area contributed by atoms with Crippen LogP contribution in [0.5, 0.6) is 5.75 Å². The van der Waals surface area contributed by atoms with E-state index in [-0.39, 0.29) is 0 Å². The molecule has 20 heavy (non-hydrogen) atoms. The highest BCUT2D eigenvalue weighted by atomic mass is 79.9. The van der Waals surface area contributed by atoms with E-state index in [4.69, 9.17) is 4.74 Å². The third-order valence-electron chi connectivity index (χ3n) is 3.44. The number of benzene rings is 1. The predicted octanol–water partition coefficient (Wildman–Crippen LogP) is 1.53. The lowest BCUT2D eigenvalue weighted by Gasteiger charge is -2.33. The second-order valence-corrected chi connectivity index (χ2v) is 7.79. The Morgan fingerprint density at radius 3 is 2.45 bits per heavy atom. The number of halogens is 1. The summed E-state index contributed by atoms with van der Waals surface area (Å²) in [7, 11) is -1.41. The topological polar surface area (TPSA) is 49.9 Å². The third-order valence-corrected chi connectivity index (χ3v) is 5.23. The summed E-state index contributed by atoms with van der Waals surface area (Å²) >= 11 is 3.46. The van der Waals surface area contributed by atoms with Gasteiger partial charge >= 0.3 is 0 Å². The van der Waals surface area contributed by atoms with Gasteiger partial charge in [-0.15, -0.1) is 0 Å². The van der Waals surface area contributed by atoms with Crippen molar-refractivity contribution in [3.63, 3.8) is 0 Å². The highest BCUT2D eigenvalue weighted by molar-refractivity contribution is 9.10. The first kappa shape index (κ1) is 15.8. The molecule has 0 radical (unpaired) electrons. The summed E-state index contributed by atoms with van der Waals surface area (Å²) in [5.41, 5.74) is 1.11. The van der Waals surface area contributed by atoms with Gasteiger partial charge < -0.3 is 4.74 Å². The molecule has 0 bridgehead atoms. The number of rotatable bonds is 4. The molecule has 2 rings (SSSR count). The van der Waals surface area contributed by atoms with Crippen LogP contribution in [0.4, 0.5) is 0 Å². The molecule has 0 unspecified atom stereocenters. The highest BCUT2D eigenvalue weighted by Crippen LogP contribution is 2.24. The molecule has 1 fully saturated rings. The Hall–Kier alpha value is -0.630. The van der Waals surface area contributed by atoms with Crippen LogP contribution < -0.4 is 4.74 Å². The molecule has 1 aromatic carbocycles. The van der Waals surface area contributed by atoms with Crippen LogP contribution in [0.1, 0.15) is 5.56 Å². The molecule has 0 N–H and O–H groups in total. The molecule has 0 aliphatic carbocycles. The Morgan fingerprint density at radius 2 is 1.90 bits per heavy atom. The first-order valence-corrected chi connectivity index (χ1v) is 9.04. The zero-order valence-corrected chi connectivity index (χ0v) is 14.1. The van der Waals surface area contributed by atoms with Crippen molar-refractivity contribution in [2.24, 2.45) is 0 Å². The molecule has 1 aromatic rings. The summed E-state index contributed by atoms with van der Waals surface area (Å²) in [5.74, 6) is 0.860. The van der Waals surface area contributed by atoms with Gasteiger partial charge in [0.25, 0.3) is 0 Å². The minimum absolute atomic E-state index is 0.551. The van der Waals surface area contributed by atoms with E-state index in [1.807, 2.05) is 18.2 Å². The number of ether oxygens (including phenoxy) is 1. The molecule has 0 amide bonds. The number of nitrogens with zero attached hydrogens (tertiary/aromatic N) is 2. The van der Waals surface area contributed by atoms with Gasteiger partial charge in [-0.3, -0.25) is 4.90 Å². The molecule has 1 aliphatic heterocycles. The van der Waals surface area contributed by atoms with Crippen molar-refractivity contribution in [3.05, 3.63) is 28.2 Å². The van der Waals surface area contributed by atoms with Crippen LogP contribution in [0, 0.1) is 0 Å². The van der Waals surface area contributed by atoms with Crippen molar-refractivity contribution < 1.29 is 13.2 Å². The fourth-order valence-electron chi connectivity index (χ4n) is 2.33. The largest absolute Gasteiger partial charge is 0.496 e. The molecule has 1 saturated heterocycles. The number of piperazine rings is 1. The molecule has 7 heteroatoms. The average molecular weight is 363 g/mol. The Morgan fingerprint density at radius 1 is 1.25 bits per heavy atom. The first-order chi connectivity index (χ1) is 9.40. The summed E-state index contributed by atoms with van der Waals surface area (Å²) in [6, 6.07) is 5.93. The predicted molar refractivity (Wildman–Crippen MR) is 82.4 cm³/mol. The fraction of sp³-hybridized carbons (Fsp3) is 0.538. The lowest BCUT2D eigenvalue weighted by atomic mass is 10.2. The van der Waals surface area contributed by atoms with Crippen molar-refractivity contribution in [2.45, 2.75) is 6.54 Å². The van der Waals surface area contributed by atoms with E-state index < -0.39 is 10.0 Å². The van der Waals surface area contributed by atoms with Crippen molar-refractivity contribution >= 4 is 26.0 Å². The van der Waals surface area contributed by atoms with Crippen molar-refractivity contribution in [3.8, 4) is 5.75 Å². The van der Waals surface area contributed by atoms with E-state index in [0.29, 0.717) is 13.1 Å². The number of sulfonamides is 1. The SMILES string of the molecule is COc1ccc(Br)cc1CN1CCN(S(C)(=O)=O)CC1. The minimum atomic E-state index is -3.07. The van der Waals surface area contributed by atoms with Gasteiger partial charge in [0.05, 0.1) is 13.4 Å². The molecule has 0 saturated carbocycles. The van der Waals surface area contributed by atoms with E-state index >= 15 is 0 Å². The van der Waals surface area contributed by atoms with Crippen LogP contribution in [-0.2, 0) is 16.6 Å². The van der Waals surface area contributed by atoms with Crippen LogP contribution in [-0.4, -0.2) is 57.2 Å². The van der Waals surface area contributed by atoms with E-state index in [2.05, 4.69) is 20.8 Å². The molecule has 0 spiro atoms. The zero-order valence-electron chi connectivity index (χ0n) is 11.7. The molecule has 0 aromatic heterocycles. The maximum atomic E-state index is 11.5. The third kappa shape index (κ3) is 3.94. The summed E-state index contributed by atoms with van der Waals surface area (Å²) in [6.07, 6.45) is 1.26. The van der Waals surface area contributed by atoms with E-state index in [0.717, 1.165) is 35.4 Å². The molecule has 0 atom stereocenters. The average Bonchev–Trinajstić information content (AvgIpc) is 2.38. The van der Waals surface area contributed by atoms with E-state index in [1.165, 1.54) is 10.6 Å². The van der Waals surface area contributed by atoms with Gasteiger partial charge in [0, 0.05) is 42.8 Å². The molecular formula is C13H19BrN2O3S. The van der Waals surface area contributed by atoms with E-state index in [1.54, 1.807) is 7.11 Å². The maximum absolute atomic E-state index is 11.5. The maximum Gasteiger partial charge on any atom is 0.211 e. The van der Waals surface area contributed by atoms with Crippen LogP contribution in [0.2, 0.25) is 0 Å². The monoisotopic (exact) mass is 362 g/mol. The summed E-state index contributed by atoms with van der Waals surface area (Å²) < 4.78 is 30.9. The lowest BCUT2D eigenvalue weighted by molar-refractivity contribution is 0.180. The summed E-state index contributed by atoms with van der Waals surface area (Å²) in [6.45, 7) is 3.34. The second kappa shape index (κ2) is 6.43. The highest BCUT2D eigenvalue weighted by Gasteiger charge is 2.23. The van der Waals surface area contributed by atoms with Gasteiger partial charge in [-0.2, -0.15) is 4.31 Å². The number of methoxy groups -OCH3 is 1. The van der Waals surface area contributed by atoms with Crippen LogP contribution >= 0.6 is 15.9 Å². The molecule has 1 aliphatic rings. The van der Waals surface area contributed by atoms with Gasteiger partial charge in [0.1, 0.15) is 5.75 Å².